The minimum absolute atomic E-state index is 0.0180. The Balaban J connectivity index is 1.11. The minimum Gasteiger partial charge on any atom is -0.339 e. The van der Waals surface area contributed by atoms with E-state index in [1.165, 1.54) is 12.8 Å². The van der Waals surface area contributed by atoms with Crippen molar-refractivity contribution in [3.8, 4) is 0 Å². The Bertz CT molecular complexity index is 1350. The zero-order valence-electron chi connectivity index (χ0n) is 18.2. The summed E-state index contributed by atoms with van der Waals surface area (Å²) in [6.45, 7) is 3.00. The van der Waals surface area contributed by atoms with Crippen LogP contribution in [0, 0.1) is 5.92 Å². The first-order valence-corrected chi connectivity index (χ1v) is 11.4. The number of hydrogen-bond donors (Lipinski definition) is 1. The number of amides is 1. The number of aromatic nitrogens is 2. The Morgan fingerprint density at radius 1 is 0.970 bits per heavy atom. The smallest absolute Gasteiger partial charge is 0.260 e. The zero-order chi connectivity index (χ0) is 22.4. The average Bonchev–Trinajstić information content (AvgIpc) is 3.60. The second kappa shape index (κ2) is 7.95. The molecule has 1 saturated heterocycles. The van der Waals surface area contributed by atoms with Gasteiger partial charge < -0.3 is 9.80 Å². The largest absolute Gasteiger partial charge is 0.339 e. The van der Waals surface area contributed by atoms with Gasteiger partial charge in [0.25, 0.3) is 11.5 Å². The molecule has 3 aromatic rings. The number of H-pyrrole nitrogens is 1. The van der Waals surface area contributed by atoms with Gasteiger partial charge in [-0.05, 0) is 42.7 Å². The molecule has 0 radical (unpaired) electrons. The van der Waals surface area contributed by atoms with Gasteiger partial charge in [-0.1, -0.05) is 24.3 Å². The summed E-state index contributed by atoms with van der Waals surface area (Å²) in [6, 6.07) is 15.0. The van der Waals surface area contributed by atoms with E-state index in [0.717, 1.165) is 17.1 Å². The van der Waals surface area contributed by atoms with Crippen LogP contribution in [0.1, 0.15) is 28.8 Å². The highest BCUT2D eigenvalue weighted by Crippen LogP contribution is 2.32. The van der Waals surface area contributed by atoms with E-state index in [9.17, 15) is 9.59 Å². The lowest BCUT2D eigenvalue weighted by Gasteiger charge is -2.35. The molecular formula is C25H24N6O2. The minimum atomic E-state index is -0.143. The zero-order valence-corrected chi connectivity index (χ0v) is 18.2. The summed E-state index contributed by atoms with van der Waals surface area (Å²) < 4.78 is 0. The van der Waals surface area contributed by atoms with Gasteiger partial charge in [-0.2, -0.15) is 0 Å². The molecule has 1 amide bonds. The van der Waals surface area contributed by atoms with E-state index < -0.39 is 0 Å². The fourth-order valence-corrected chi connectivity index (χ4v) is 4.42. The van der Waals surface area contributed by atoms with Gasteiger partial charge in [-0.15, -0.1) is 0 Å². The Morgan fingerprint density at radius 2 is 1.73 bits per heavy atom. The number of anilines is 1. The van der Waals surface area contributed by atoms with Crippen LogP contribution in [0.15, 0.2) is 63.3 Å². The van der Waals surface area contributed by atoms with Crippen molar-refractivity contribution >= 4 is 34.3 Å². The molecule has 0 atom stereocenters. The van der Waals surface area contributed by atoms with Gasteiger partial charge in [0.15, 0.2) is 0 Å². The average molecular weight is 441 g/mol. The standard InChI is InChI=1S/C25H24N6O2/c32-23-19-3-1-2-4-20(19)28-25(29-23)31-13-11-30(12-14-31)24(33)18-9-5-16(6-10-18)21-15-26-22(27-21)17-7-8-17/h1-6,9-10,17H,7-8,11-15H2,(H,28,29,32). The van der Waals surface area contributed by atoms with Crippen molar-refractivity contribution in [2.45, 2.75) is 12.8 Å². The van der Waals surface area contributed by atoms with Crippen LogP contribution in [0.25, 0.3) is 10.9 Å². The molecule has 2 fully saturated rings. The van der Waals surface area contributed by atoms with Gasteiger partial charge in [-0.3, -0.25) is 19.6 Å². The Kier molecular flexibility index (Phi) is 4.78. The van der Waals surface area contributed by atoms with Crippen molar-refractivity contribution < 1.29 is 4.79 Å². The van der Waals surface area contributed by atoms with Gasteiger partial charge in [0, 0.05) is 37.7 Å². The quantitative estimate of drug-likeness (QED) is 0.675. The third kappa shape index (κ3) is 3.82. The van der Waals surface area contributed by atoms with Crippen LogP contribution in [0.4, 0.5) is 5.95 Å². The van der Waals surface area contributed by atoms with Crippen LogP contribution in [0.5, 0.6) is 0 Å². The molecule has 1 N–H and O–H groups in total. The van der Waals surface area contributed by atoms with E-state index in [1.54, 1.807) is 6.07 Å². The van der Waals surface area contributed by atoms with Crippen molar-refractivity contribution in [1.29, 1.82) is 0 Å². The number of aromatic amines is 1. The first kappa shape index (κ1) is 19.8. The Hall–Kier alpha value is -3.81. The van der Waals surface area contributed by atoms with E-state index in [1.807, 2.05) is 52.3 Å². The maximum atomic E-state index is 13.0. The molecule has 1 aliphatic carbocycles. The fourth-order valence-electron chi connectivity index (χ4n) is 4.42. The van der Waals surface area contributed by atoms with Crippen molar-refractivity contribution in [2.75, 3.05) is 37.6 Å². The number of nitrogens with zero attached hydrogens (tertiary/aromatic N) is 5. The number of fused-ring (bicyclic) bond motifs is 1. The summed E-state index contributed by atoms with van der Waals surface area (Å²) in [7, 11) is 0. The molecule has 33 heavy (non-hydrogen) atoms. The lowest BCUT2D eigenvalue weighted by Crippen LogP contribution is -2.49. The van der Waals surface area contributed by atoms with Crippen LogP contribution in [0.2, 0.25) is 0 Å². The molecule has 2 aliphatic heterocycles. The van der Waals surface area contributed by atoms with Crippen molar-refractivity contribution in [3.63, 3.8) is 0 Å². The van der Waals surface area contributed by atoms with E-state index in [4.69, 9.17) is 0 Å². The monoisotopic (exact) mass is 440 g/mol. The number of nitrogens with one attached hydrogen (secondary N) is 1. The normalized spacial score (nSPS) is 18.4. The molecular weight excluding hydrogens is 416 g/mol. The summed E-state index contributed by atoms with van der Waals surface area (Å²) in [4.78, 5) is 46.0. The van der Waals surface area contributed by atoms with Gasteiger partial charge in [0.05, 0.1) is 23.2 Å². The van der Waals surface area contributed by atoms with Gasteiger partial charge in [-0.25, -0.2) is 9.98 Å². The summed E-state index contributed by atoms with van der Waals surface area (Å²) in [5.41, 5.74) is 3.22. The predicted octanol–water partition coefficient (Wildman–Crippen LogP) is 2.50. The highest BCUT2D eigenvalue weighted by atomic mass is 16.2. The van der Waals surface area contributed by atoms with Gasteiger partial charge in [0.2, 0.25) is 5.95 Å². The van der Waals surface area contributed by atoms with Crippen LogP contribution in [-0.2, 0) is 0 Å². The molecule has 1 aromatic heterocycles. The number of aliphatic imine (C=N–C) groups is 2. The maximum Gasteiger partial charge on any atom is 0.260 e. The van der Waals surface area contributed by atoms with Crippen LogP contribution in [0.3, 0.4) is 0 Å². The lowest BCUT2D eigenvalue weighted by atomic mass is 10.1. The van der Waals surface area contributed by atoms with E-state index >= 15 is 0 Å². The van der Waals surface area contributed by atoms with Crippen molar-refractivity contribution in [1.82, 2.24) is 14.9 Å². The number of piperazine rings is 1. The molecule has 8 heteroatoms. The highest BCUT2D eigenvalue weighted by Gasteiger charge is 2.30. The maximum absolute atomic E-state index is 13.0. The number of hydrogen-bond acceptors (Lipinski definition) is 6. The molecule has 8 nitrogen and oxygen atoms in total. The highest BCUT2D eigenvalue weighted by molar-refractivity contribution is 6.13. The summed E-state index contributed by atoms with van der Waals surface area (Å²) in [5.74, 6) is 2.12. The van der Waals surface area contributed by atoms with Crippen molar-refractivity contribution in [3.05, 3.63) is 70.0 Å². The van der Waals surface area contributed by atoms with Gasteiger partial charge in [0.1, 0.15) is 5.84 Å². The summed E-state index contributed by atoms with van der Waals surface area (Å²) in [6.07, 6.45) is 2.40. The summed E-state index contributed by atoms with van der Waals surface area (Å²) in [5, 5.41) is 0.581. The number of para-hydroxylation sites is 1. The number of rotatable bonds is 4. The first-order valence-electron chi connectivity index (χ1n) is 11.4. The second-order valence-electron chi connectivity index (χ2n) is 8.77. The first-order chi connectivity index (χ1) is 16.2. The number of carbonyl (C=O) groups is 1. The molecule has 0 spiro atoms. The van der Waals surface area contributed by atoms with Crippen LogP contribution < -0.4 is 10.5 Å². The molecule has 0 unspecified atom stereocenters. The van der Waals surface area contributed by atoms with E-state index in [2.05, 4.69) is 20.0 Å². The van der Waals surface area contributed by atoms with E-state index in [0.29, 0.717) is 61.1 Å². The van der Waals surface area contributed by atoms with Gasteiger partial charge >= 0.3 is 0 Å². The van der Waals surface area contributed by atoms with Crippen LogP contribution >= 0.6 is 0 Å². The second-order valence-corrected chi connectivity index (χ2v) is 8.77. The van der Waals surface area contributed by atoms with Crippen LogP contribution in [-0.4, -0.2) is 65.0 Å². The Labute approximate surface area is 190 Å². The molecule has 3 aliphatic rings. The predicted molar refractivity (Wildman–Crippen MR) is 128 cm³/mol. The number of benzene rings is 2. The topological polar surface area (TPSA) is 94.0 Å². The molecule has 2 aromatic carbocycles. The molecule has 6 rings (SSSR count). The third-order valence-corrected chi connectivity index (χ3v) is 6.51. The molecule has 166 valence electrons. The molecule has 0 bridgehead atoms. The molecule has 1 saturated carbocycles. The van der Waals surface area contributed by atoms with E-state index in [-0.39, 0.29) is 11.5 Å². The number of carbonyl (C=O) groups excluding carboxylic acids is 1. The lowest BCUT2D eigenvalue weighted by molar-refractivity contribution is 0.0746. The fraction of sp³-hybridized carbons (Fsp3) is 0.320. The Morgan fingerprint density at radius 3 is 2.48 bits per heavy atom. The number of amidine groups is 1. The SMILES string of the molecule is O=C(c1ccc(C2=NC(C3CC3)=NC2)cc1)N1CCN(c2nc3ccccc3c(=O)[nH]2)CC1. The molecule has 3 heterocycles. The summed E-state index contributed by atoms with van der Waals surface area (Å²) >= 11 is 0. The van der Waals surface area contributed by atoms with Crippen molar-refractivity contribution in [2.24, 2.45) is 15.9 Å². The third-order valence-electron chi connectivity index (χ3n) is 6.51.